The number of nitrogens with one attached hydrogen (secondary N) is 1. The van der Waals surface area contributed by atoms with Crippen molar-refractivity contribution in [2.24, 2.45) is 21.0 Å². The highest BCUT2D eigenvalue weighted by Gasteiger charge is 1.91. The first-order chi connectivity index (χ1) is 11.2. The summed E-state index contributed by atoms with van der Waals surface area (Å²) in [6, 6.07) is 16.7. The monoisotopic (exact) mass is 368 g/mol. The van der Waals surface area contributed by atoms with E-state index < -0.39 is 0 Å². The molecule has 0 atom stereocenters. The Kier molecular flexibility index (Phi) is 6.03. The summed E-state index contributed by atoms with van der Waals surface area (Å²) in [6.07, 6.45) is 3.16. The topological polar surface area (TPSA) is 98.9 Å². The number of hydrogen-bond acceptors (Lipinski definition) is 4. The van der Waals surface area contributed by atoms with Gasteiger partial charge in [0.15, 0.2) is 0 Å². The molecule has 23 heavy (non-hydrogen) atoms. The first-order valence-corrected chi connectivity index (χ1v) is 7.38. The van der Waals surface area contributed by atoms with Gasteiger partial charge < -0.3 is 5.73 Å². The third kappa shape index (κ3) is 5.73. The van der Waals surface area contributed by atoms with Gasteiger partial charge in [-0.3, -0.25) is 0 Å². The largest absolute Gasteiger partial charge is 0.367 e. The van der Waals surface area contributed by atoms with Crippen molar-refractivity contribution in [3.05, 3.63) is 69.7 Å². The van der Waals surface area contributed by atoms with Gasteiger partial charge in [0.25, 0.3) is 0 Å². The molecule has 0 saturated heterocycles. The quantitative estimate of drug-likeness (QED) is 0.492. The van der Waals surface area contributed by atoms with Crippen molar-refractivity contribution < 1.29 is 0 Å². The van der Waals surface area contributed by atoms with E-state index in [1.165, 1.54) is 0 Å². The second-order valence-electron chi connectivity index (χ2n) is 4.39. The lowest BCUT2D eigenvalue weighted by Crippen LogP contribution is -2.26. The summed E-state index contributed by atoms with van der Waals surface area (Å²) >= 11 is 3.36. The molecule has 0 aliphatic heterocycles. The van der Waals surface area contributed by atoms with Crippen molar-refractivity contribution in [1.29, 1.82) is 5.26 Å². The van der Waals surface area contributed by atoms with Crippen molar-refractivity contribution in [2.75, 3.05) is 0 Å². The fourth-order valence-electron chi connectivity index (χ4n) is 1.55. The molecule has 0 aromatic heterocycles. The number of hydrazone groups is 1. The molecule has 0 fully saturated rings. The lowest BCUT2D eigenvalue weighted by molar-refractivity contribution is 0.994. The summed E-state index contributed by atoms with van der Waals surface area (Å²) in [7, 11) is 0. The van der Waals surface area contributed by atoms with Crippen LogP contribution in [0.25, 0.3) is 0 Å². The number of nitrogens with zero attached hydrogens (tertiary/aromatic N) is 4. The molecule has 114 valence electrons. The van der Waals surface area contributed by atoms with E-state index in [1.807, 2.05) is 24.3 Å². The van der Waals surface area contributed by atoms with Crippen molar-refractivity contribution in [2.45, 2.75) is 0 Å². The Labute approximate surface area is 142 Å². The van der Waals surface area contributed by atoms with Crippen LogP contribution in [0.4, 0.5) is 0 Å². The average molecular weight is 369 g/mol. The third-order valence-electron chi connectivity index (χ3n) is 2.67. The predicted molar refractivity (Wildman–Crippen MR) is 95.2 cm³/mol. The Morgan fingerprint density at radius 1 is 1.04 bits per heavy atom. The Hall–Kier alpha value is -2.98. The van der Waals surface area contributed by atoms with Gasteiger partial charge in [-0.05, 0) is 35.4 Å². The average Bonchev–Trinajstić information content (AvgIpc) is 2.57. The van der Waals surface area contributed by atoms with Crippen LogP contribution in [0.2, 0.25) is 0 Å². The first-order valence-electron chi connectivity index (χ1n) is 6.58. The van der Waals surface area contributed by atoms with Crippen molar-refractivity contribution in [3.8, 4) is 6.07 Å². The molecule has 2 aromatic rings. The van der Waals surface area contributed by atoms with Gasteiger partial charge in [0.05, 0.1) is 24.1 Å². The molecule has 2 rings (SSSR count). The Morgan fingerprint density at radius 3 is 2.30 bits per heavy atom. The highest BCUT2D eigenvalue weighted by Crippen LogP contribution is 2.09. The second-order valence-corrected chi connectivity index (χ2v) is 5.30. The molecule has 0 saturated carbocycles. The maximum Gasteiger partial charge on any atom is 0.234 e. The van der Waals surface area contributed by atoms with Crippen molar-refractivity contribution in [3.63, 3.8) is 0 Å². The van der Waals surface area contributed by atoms with E-state index in [0.717, 1.165) is 15.6 Å². The lowest BCUT2D eigenvalue weighted by Gasteiger charge is -1.96. The summed E-state index contributed by atoms with van der Waals surface area (Å²) in [5.74, 6) is 0.0725. The molecule has 0 aliphatic carbocycles. The summed E-state index contributed by atoms with van der Waals surface area (Å²) < 4.78 is 0.997. The van der Waals surface area contributed by atoms with E-state index in [1.54, 1.807) is 36.7 Å². The lowest BCUT2D eigenvalue weighted by atomic mass is 10.2. The van der Waals surface area contributed by atoms with E-state index in [2.05, 4.69) is 42.7 Å². The molecular formula is C16H13BrN6. The summed E-state index contributed by atoms with van der Waals surface area (Å²) in [5, 5.41) is 20.3. The standard InChI is InChI=1S/C16H13BrN6/c17-15-7-5-14(6-8-15)11-21-23-16(19)22-20-10-13-3-1-12(9-18)2-4-13/h1-8,10-11H,(H3,19,22,23)/b20-10+,21-11+. The van der Waals surface area contributed by atoms with Crippen LogP contribution < -0.4 is 11.2 Å². The van der Waals surface area contributed by atoms with Crippen LogP contribution in [0.15, 0.2) is 68.3 Å². The smallest absolute Gasteiger partial charge is 0.234 e. The van der Waals surface area contributed by atoms with Crippen LogP contribution in [-0.4, -0.2) is 18.4 Å². The van der Waals surface area contributed by atoms with Crippen LogP contribution in [0.3, 0.4) is 0 Å². The Bertz CT molecular complexity index is 770. The first kappa shape index (κ1) is 16.4. The molecule has 0 radical (unpaired) electrons. The molecule has 2 aromatic carbocycles. The number of nitriles is 1. The summed E-state index contributed by atoms with van der Waals surface area (Å²) in [6.45, 7) is 0. The van der Waals surface area contributed by atoms with Gasteiger partial charge in [-0.1, -0.05) is 40.2 Å². The van der Waals surface area contributed by atoms with Gasteiger partial charge in [0, 0.05) is 4.47 Å². The fourth-order valence-corrected chi connectivity index (χ4v) is 1.81. The minimum absolute atomic E-state index is 0.0725. The highest BCUT2D eigenvalue weighted by molar-refractivity contribution is 9.10. The predicted octanol–water partition coefficient (Wildman–Crippen LogP) is 2.59. The van der Waals surface area contributed by atoms with Gasteiger partial charge in [-0.2, -0.15) is 15.5 Å². The highest BCUT2D eigenvalue weighted by atomic mass is 79.9. The van der Waals surface area contributed by atoms with Crippen LogP contribution in [0, 0.1) is 11.3 Å². The third-order valence-corrected chi connectivity index (χ3v) is 3.20. The van der Waals surface area contributed by atoms with Crippen LogP contribution >= 0.6 is 15.9 Å². The zero-order chi connectivity index (χ0) is 16.5. The molecule has 6 nitrogen and oxygen atoms in total. The number of benzene rings is 2. The van der Waals surface area contributed by atoms with Crippen LogP contribution in [0.1, 0.15) is 16.7 Å². The van der Waals surface area contributed by atoms with E-state index in [0.29, 0.717) is 5.56 Å². The van der Waals surface area contributed by atoms with Crippen LogP contribution in [-0.2, 0) is 0 Å². The fraction of sp³-hybridized carbons (Fsp3) is 0. The van der Waals surface area contributed by atoms with Gasteiger partial charge in [-0.25, -0.2) is 5.43 Å². The molecule has 3 N–H and O–H groups in total. The Morgan fingerprint density at radius 2 is 1.65 bits per heavy atom. The Balaban J connectivity index is 1.87. The van der Waals surface area contributed by atoms with Crippen molar-refractivity contribution in [1.82, 2.24) is 5.43 Å². The number of halogens is 1. The van der Waals surface area contributed by atoms with E-state index in [9.17, 15) is 0 Å². The number of hydrogen-bond donors (Lipinski definition) is 2. The number of guanidine groups is 1. The van der Waals surface area contributed by atoms with Gasteiger partial charge in [0.2, 0.25) is 5.96 Å². The maximum atomic E-state index is 8.71. The SMILES string of the molecule is N#Cc1ccc(/C=N/N/C(N)=N/N=C/c2ccc(Br)cc2)cc1. The zero-order valence-corrected chi connectivity index (χ0v) is 13.6. The second kappa shape index (κ2) is 8.46. The van der Waals surface area contributed by atoms with E-state index in [4.69, 9.17) is 11.0 Å². The molecule has 0 amide bonds. The number of rotatable bonds is 4. The molecule has 0 unspecified atom stereocenters. The van der Waals surface area contributed by atoms with Gasteiger partial charge in [0.1, 0.15) is 0 Å². The minimum Gasteiger partial charge on any atom is -0.367 e. The zero-order valence-electron chi connectivity index (χ0n) is 12.0. The molecule has 0 spiro atoms. The van der Waals surface area contributed by atoms with E-state index in [-0.39, 0.29) is 5.96 Å². The summed E-state index contributed by atoms with van der Waals surface area (Å²) in [5.41, 5.74) is 10.5. The number of nitrogens with two attached hydrogens (primary N) is 1. The van der Waals surface area contributed by atoms with Gasteiger partial charge >= 0.3 is 0 Å². The molecule has 0 heterocycles. The summed E-state index contributed by atoms with van der Waals surface area (Å²) in [4.78, 5) is 0. The minimum atomic E-state index is 0.0725. The normalized spacial score (nSPS) is 11.7. The molecule has 0 bridgehead atoms. The maximum absolute atomic E-state index is 8.71. The van der Waals surface area contributed by atoms with Crippen molar-refractivity contribution >= 4 is 34.3 Å². The molecule has 7 heteroatoms. The van der Waals surface area contributed by atoms with E-state index >= 15 is 0 Å². The molecular weight excluding hydrogens is 356 g/mol. The van der Waals surface area contributed by atoms with Crippen LogP contribution in [0.5, 0.6) is 0 Å². The molecule has 0 aliphatic rings. The van der Waals surface area contributed by atoms with Gasteiger partial charge in [-0.15, -0.1) is 5.10 Å².